The quantitative estimate of drug-likeness (QED) is 0.866. The molecule has 0 saturated carbocycles. The van der Waals surface area contributed by atoms with Gasteiger partial charge in [-0.05, 0) is 24.2 Å². The fourth-order valence-electron chi connectivity index (χ4n) is 2.00. The average Bonchev–Trinajstić information content (AvgIpc) is 2.83. The van der Waals surface area contributed by atoms with E-state index in [2.05, 4.69) is 4.90 Å². The van der Waals surface area contributed by atoms with Gasteiger partial charge in [-0.2, -0.15) is 0 Å². The van der Waals surface area contributed by atoms with Crippen molar-refractivity contribution in [2.45, 2.75) is 19.5 Å². The predicted octanol–water partition coefficient (Wildman–Crippen LogP) is 2.54. The minimum Gasteiger partial charge on any atom is -0.481 e. The molecule has 0 aliphatic carbocycles. The molecular formula is C15H17NO3. The summed E-state index contributed by atoms with van der Waals surface area (Å²) >= 11 is 0. The number of furan rings is 1. The number of hydrogen-bond donors (Lipinski definition) is 1. The van der Waals surface area contributed by atoms with Gasteiger partial charge < -0.3 is 9.52 Å². The van der Waals surface area contributed by atoms with Gasteiger partial charge in [0.1, 0.15) is 0 Å². The van der Waals surface area contributed by atoms with E-state index >= 15 is 0 Å². The van der Waals surface area contributed by atoms with Gasteiger partial charge in [0, 0.05) is 18.7 Å². The largest absolute Gasteiger partial charge is 0.481 e. The highest BCUT2D eigenvalue weighted by Gasteiger charge is 2.04. The first-order valence-corrected chi connectivity index (χ1v) is 6.13. The normalized spacial score (nSPS) is 10.8. The third-order valence-corrected chi connectivity index (χ3v) is 2.86. The molecule has 0 atom stereocenters. The van der Waals surface area contributed by atoms with Gasteiger partial charge in [0.25, 0.3) is 0 Å². The SMILES string of the molecule is CN(Cc1ccc(CC(=O)O)cc1)Cc1ccoc1. The van der Waals surface area contributed by atoms with E-state index in [-0.39, 0.29) is 6.42 Å². The highest BCUT2D eigenvalue weighted by atomic mass is 16.4. The van der Waals surface area contributed by atoms with Crippen LogP contribution in [0.15, 0.2) is 47.3 Å². The van der Waals surface area contributed by atoms with Gasteiger partial charge in [-0.25, -0.2) is 0 Å². The molecule has 1 aromatic carbocycles. The Hall–Kier alpha value is -2.07. The average molecular weight is 259 g/mol. The Bertz CT molecular complexity index is 517. The summed E-state index contributed by atoms with van der Waals surface area (Å²) < 4.78 is 5.04. The van der Waals surface area contributed by atoms with Crippen LogP contribution >= 0.6 is 0 Å². The molecule has 0 bridgehead atoms. The zero-order valence-corrected chi connectivity index (χ0v) is 10.9. The maximum absolute atomic E-state index is 10.6. The van der Waals surface area contributed by atoms with Crippen molar-refractivity contribution < 1.29 is 14.3 Å². The molecule has 0 fully saturated rings. The Balaban J connectivity index is 1.90. The molecule has 0 radical (unpaired) electrons. The highest BCUT2D eigenvalue weighted by Crippen LogP contribution is 2.10. The smallest absolute Gasteiger partial charge is 0.307 e. The van der Waals surface area contributed by atoms with Gasteiger partial charge >= 0.3 is 5.97 Å². The van der Waals surface area contributed by atoms with Crippen molar-refractivity contribution in [1.29, 1.82) is 0 Å². The van der Waals surface area contributed by atoms with E-state index in [0.29, 0.717) is 0 Å². The fourth-order valence-corrected chi connectivity index (χ4v) is 2.00. The van der Waals surface area contributed by atoms with Crippen LogP contribution in [0.5, 0.6) is 0 Å². The first-order chi connectivity index (χ1) is 9.13. The lowest BCUT2D eigenvalue weighted by atomic mass is 10.1. The monoisotopic (exact) mass is 259 g/mol. The van der Waals surface area contributed by atoms with Crippen LogP contribution in [-0.4, -0.2) is 23.0 Å². The second kappa shape index (κ2) is 6.20. The molecule has 4 heteroatoms. The molecule has 0 aliphatic rings. The van der Waals surface area contributed by atoms with Crippen LogP contribution in [0.1, 0.15) is 16.7 Å². The maximum Gasteiger partial charge on any atom is 0.307 e. The third-order valence-electron chi connectivity index (χ3n) is 2.86. The van der Waals surface area contributed by atoms with Gasteiger partial charge in [-0.3, -0.25) is 9.69 Å². The lowest BCUT2D eigenvalue weighted by Crippen LogP contribution is -2.16. The van der Waals surface area contributed by atoms with Crippen LogP contribution in [0.4, 0.5) is 0 Å². The molecule has 0 saturated heterocycles. The first-order valence-electron chi connectivity index (χ1n) is 6.13. The number of nitrogens with zero attached hydrogens (tertiary/aromatic N) is 1. The molecule has 1 heterocycles. The summed E-state index contributed by atoms with van der Waals surface area (Å²) in [6.45, 7) is 1.64. The molecule has 0 spiro atoms. The Morgan fingerprint density at radius 2 is 1.74 bits per heavy atom. The summed E-state index contributed by atoms with van der Waals surface area (Å²) in [6.07, 6.45) is 3.49. The Kier molecular flexibility index (Phi) is 4.36. The molecule has 0 amide bonds. The van der Waals surface area contributed by atoms with Gasteiger partial charge in [0.15, 0.2) is 0 Å². The van der Waals surface area contributed by atoms with E-state index in [1.54, 1.807) is 12.5 Å². The van der Waals surface area contributed by atoms with E-state index < -0.39 is 5.97 Å². The van der Waals surface area contributed by atoms with Crippen LogP contribution in [0, 0.1) is 0 Å². The molecule has 100 valence electrons. The molecule has 0 unspecified atom stereocenters. The summed E-state index contributed by atoms with van der Waals surface area (Å²) in [5, 5.41) is 8.71. The van der Waals surface area contributed by atoms with Crippen LogP contribution in [-0.2, 0) is 24.3 Å². The van der Waals surface area contributed by atoms with Crippen LogP contribution < -0.4 is 0 Å². The topological polar surface area (TPSA) is 53.7 Å². The summed E-state index contributed by atoms with van der Waals surface area (Å²) in [7, 11) is 2.04. The van der Waals surface area contributed by atoms with E-state index in [4.69, 9.17) is 9.52 Å². The fraction of sp³-hybridized carbons (Fsp3) is 0.267. The van der Waals surface area contributed by atoms with Crippen LogP contribution in [0.3, 0.4) is 0 Å². The molecule has 2 rings (SSSR count). The molecule has 0 aliphatic heterocycles. The Morgan fingerprint density at radius 3 is 2.32 bits per heavy atom. The molecule has 1 aromatic heterocycles. The third kappa shape index (κ3) is 4.26. The standard InChI is InChI=1S/C15H17NO3/c1-16(10-14-6-7-19-11-14)9-13-4-2-12(3-5-13)8-15(17)18/h2-7,11H,8-10H2,1H3,(H,17,18). The zero-order valence-electron chi connectivity index (χ0n) is 10.9. The van der Waals surface area contributed by atoms with E-state index in [1.807, 2.05) is 37.4 Å². The van der Waals surface area contributed by atoms with Crippen molar-refractivity contribution in [3.8, 4) is 0 Å². The van der Waals surface area contributed by atoms with Crippen molar-refractivity contribution in [2.75, 3.05) is 7.05 Å². The number of carboxylic acids is 1. The van der Waals surface area contributed by atoms with Crippen molar-refractivity contribution >= 4 is 5.97 Å². The summed E-state index contributed by atoms with van der Waals surface area (Å²) in [6, 6.07) is 9.64. The molecule has 2 aromatic rings. The lowest BCUT2D eigenvalue weighted by molar-refractivity contribution is -0.136. The second-order valence-corrected chi connectivity index (χ2v) is 4.69. The van der Waals surface area contributed by atoms with Gasteiger partial charge in [-0.15, -0.1) is 0 Å². The lowest BCUT2D eigenvalue weighted by Gasteiger charge is -2.15. The van der Waals surface area contributed by atoms with Gasteiger partial charge in [-0.1, -0.05) is 24.3 Å². The first kappa shape index (κ1) is 13.4. The van der Waals surface area contributed by atoms with Gasteiger partial charge in [0.2, 0.25) is 0 Å². The summed E-state index contributed by atoms with van der Waals surface area (Å²) in [4.78, 5) is 12.8. The van der Waals surface area contributed by atoms with E-state index in [9.17, 15) is 4.79 Å². The number of aliphatic carboxylic acids is 1. The summed E-state index contributed by atoms with van der Waals surface area (Å²) in [5.41, 5.74) is 3.14. The van der Waals surface area contributed by atoms with Crippen molar-refractivity contribution in [2.24, 2.45) is 0 Å². The van der Waals surface area contributed by atoms with Crippen molar-refractivity contribution in [1.82, 2.24) is 4.90 Å². The van der Waals surface area contributed by atoms with Gasteiger partial charge in [0.05, 0.1) is 18.9 Å². The minimum atomic E-state index is -0.801. The van der Waals surface area contributed by atoms with E-state index in [0.717, 1.165) is 24.2 Å². The number of carboxylic acid groups (broad SMARTS) is 1. The van der Waals surface area contributed by atoms with Crippen LogP contribution in [0.2, 0.25) is 0 Å². The van der Waals surface area contributed by atoms with E-state index in [1.165, 1.54) is 5.56 Å². The predicted molar refractivity (Wildman–Crippen MR) is 71.7 cm³/mol. The number of carbonyl (C=O) groups is 1. The highest BCUT2D eigenvalue weighted by molar-refractivity contribution is 5.70. The Morgan fingerprint density at radius 1 is 1.11 bits per heavy atom. The number of benzene rings is 1. The second-order valence-electron chi connectivity index (χ2n) is 4.69. The van der Waals surface area contributed by atoms with Crippen LogP contribution in [0.25, 0.3) is 0 Å². The molecular weight excluding hydrogens is 242 g/mol. The summed E-state index contributed by atoms with van der Waals surface area (Å²) in [5.74, 6) is -0.801. The minimum absolute atomic E-state index is 0.0745. The van der Waals surface area contributed by atoms with Crippen molar-refractivity contribution in [3.05, 3.63) is 59.5 Å². The maximum atomic E-state index is 10.6. The molecule has 4 nitrogen and oxygen atoms in total. The molecule has 19 heavy (non-hydrogen) atoms. The molecule has 1 N–H and O–H groups in total. The zero-order chi connectivity index (χ0) is 13.7. The number of rotatable bonds is 6. The number of hydrogen-bond acceptors (Lipinski definition) is 3. The Labute approximate surface area is 112 Å². The van der Waals surface area contributed by atoms with Crippen molar-refractivity contribution in [3.63, 3.8) is 0 Å².